The second kappa shape index (κ2) is 5.55. The fourth-order valence-corrected chi connectivity index (χ4v) is 2.84. The zero-order valence-electron chi connectivity index (χ0n) is 9.50. The monoisotopic (exact) mass is 335 g/mol. The number of amides is 1. The lowest BCUT2D eigenvalue weighted by atomic mass is 9.94. The number of carbonyl (C=O) groups excluding carboxylic acids is 1. The number of halogens is 3. The van der Waals surface area contributed by atoms with E-state index in [4.69, 9.17) is 11.6 Å². The van der Waals surface area contributed by atoms with Crippen molar-refractivity contribution in [2.45, 2.75) is 19.0 Å². The van der Waals surface area contributed by atoms with Gasteiger partial charge in [0.2, 0.25) is 5.91 Å². The van der Waals surface area contributed by atoms with Gasteiger partial charge < -0.3 is 10.0 Å². The van der Waals surface area contributed by atoms with E-state index < -0.39 is 0 Å². The summed E-state index contributed by atoms with van der Waals surface area (Å²) in [5.41, 5.74) is 1.32. The summed E-state index contributed by atoms with van der Waals surface area (Å²) in [5.74, 6) is -0.795. The molecule has 1 N–H and O–H groups in total. The molecule has 1 amide bonds. The minimum Gasteiger partial charge on any atom is -0.394 e. The van der Waals surface area contributed by atoms with Crippen molar-refractivity contribution in [2.75, 3.05) is 12.5 Å². The fourth-order valence-electron chi connectivity index (χ4n) is 2.21. The predicted octanol–water partition coefficient (Wildman–Crippen LogP) is 2.07. The van der Waals surface area contributed by atoms with Crippen LogP contribution in [0, 0.1) is 5.82 Å². The molecule has 98 valence electrons. The number of alkyl halides is 1. The van der Waals surface area contributed by atoms with Gasteiger partial charge in [-0.3, -0.25) is 4.79 Å². The van der Waals surface area contributed by atoms with Crippen LogP contribution < -0.4 is 0 Å². The molecule has 0 bridgehead atoms. The van der Waals surface area contributed by atoms with Gasteiger partial charge in [-0.1, -0.05) is 15.9 Å². The first-order chi connectivity index (χ1) is 8.56. The van der Waals surface area contributed by atoms with Crippen LogP contribution in [0.1, 0.15) is 11.1 Å². The maximum atomic E-state index is 13.8. The van der Waals surface area contributed by atoms with E-state index in [0.29, 0.717) is 16.5 Å². The van der Waals surface area contributed by atoms with Gasteiger partial charge in [-0.25, -0.2) is 4.39 Å². The van der Waals surface area contributed by atoms with Gasteiger partial charge in [0.1, 0.15) is 11.7 Å². The molecule has 0 spiro atoms. The van der Waals surface area contributed by atoms with E-state index >= 15 is 0 Å². The van der Waals surface area contributed by atoms with Crippen LogP contribution in [0.3, 0.4) is 0 Å². The lowest BCUT2D eigenvalue weighted by Crippen LogP contribution is -2.47. The number of hydrogen-bond donors (Lipinski definition) is 1. The second-order valence-corrected chi connectivity index (χ2v) is 5.40. The summed E-state index contributed by atoms with van der Waals surface area (Å²) in [6, 6.07) is 2.86. The lowest BCUT2D eigenvalue weighted by molar-refractivity contribution is -0.133. The van der Waals surface area contributed by atoms with Gasteiger partial charge in [0.15, 0.2) is 0 Å². The van der Waals surface area contributed by atoms with Gasteiger partial charge in [0.25, 0.3) is 0 Å². The van der Waals surface area contributed by atoms with Crippen molar-refractivity contribution in [2.24, 2.45) is 0 Å². The maximum absolute atomic E-state index is 13.8. The average Bonchev–Trinajstić information content (AvgIpc) is 2.36. The van der Waals surface area contributed by atoms with Crippen molar-refractivity contribution in [3.8, 4) is 0 Å². The van der Waals surface area contributed by atoms with Crippen LogP contribution in [0.2, 0.25) is 0 Å². The number of nitrogens with zero attached hydrogens (tertiary/aromatic N) is 1. The van der Waals surface area contributed by atoms with Gasteiger partial charge in [0.05, 0.1) is 12.6 Å². The quantitative estimate of drug-likeness (QED) is 0.840. The highest BCUT2D eigenvalue weighted by Gasteiger charge is 2.30. The van der Waals surface area contributed by atoms with Crippen molar-refractivity contribution < 1.29 is 14.3 Å². The topological polar surface area (TPSA) is 40.5 Å². The van der Waals surface area contributed by atoms with Crippen LogP contribution in [0.15, 0.2) is 16.6 Å². The molecule has 2 rings (SSSR count). The molecule has 1 aliphatic heterocycles. The number of aliphatic hydroxyl groups is 1. The van der Waals surface area contributed by atoms with Crippen molar-refractivity contribution in [1.82, 2.24) is 4.90 Å². The van der Waals surface area contributed by atoms with Gasteiger partial charge in [0, 0.05) is 16.6 Å². The lowest BCUT2D eigenvalue weighted by Gasteiger charge is -2.35. The van der Waals surface area contributed by atoms with Gasteiger partial charge in [-0.2, -0.15) is 0 Å². The Kier molecular flexibility index (Phi) is 4.25. The second-order valence-electron chi connectivity index (χ2n) is 4.22. The van der Waals surface area contributed by atoms with Crippen molar-refractivity contribution in [1.29, 1.82) is 0 Å². The summed E-state index contributed by atoms with van der Waals surface area (Å²) in [6.45, 7) is 0.00142. The highest BCUT2D eigenvalue weighted by atomic mass is 79.9. The SMILES string of the molecule is O=C(CCl)N1Cc2c(F)cc(Br)cc2CC1CO. The third kappa shape index (κ3) is 2.53. The number of benzene rings is 1. The Hall–Kier alpha value is -0.650. The van der Waals surface area contributed by atoms with E-state index in [0.717, 1.165) is 5.56 Å². The van der Waals surface area contributed by atoms with Crippen molar-refractivity contribution in [3.63, 3.8) is 0 Å². The smallest absolute Gasteiger partial charge is 0.238 e. The summed E-state index contributed by atoms with van der Waals surface area (Å²) in [5, 5.41) is 9.33. The fraction of sp³-hybridized carbons (Fsp3) is 0.417. The zero-order valence-corrected chi connectivity index (χ0v) is 11.8. The molecule has 1 atom stereocenters. The molecule has 6 heteroatoms. The first-order valence-corrected chi connectivity index (χ1v) is 6.82. The number of carbonyl (C=O) groups is 1. The third-order valence-corrected chi connectivity index (χ3v) is 3.81. The number of rotatable bonds is 2. The normalized spacial score (nSPS) is 18.7. The van der Waals surface area contributed by atoms with E-state index in [-0.39, 0.29) is 36.8 Å². The van der Waals surface area contributed by atoms with Crippen LogP contribution in [0.5, 0.6) is 0 Å². The summed E-state index contributed by atoms with van der Waals surface area (Å²) in [4.78, 5) is 13.1. The maximum Gasteiger partial charge on any atom is 0.238 e. The largest absolute Gasteiger partial charge is 0.394 e. The highest BCUT2D eigenvalue weighted by Crippen LogP contribution is 2.28. The summed E-state index contributed by atoms with van der Waals surface area (Å²) in [7, 11) is 0. The van der Waals surface area contributed by atoms with Crippen LogP contribution in [-0.2, 0) is 17.8 Å². The van der Waals surface area contributed by atoms with E-state index in [1.807, 2.05) is 6.07 Å². The Morgan fingerprint density at radius 1 is 1.61 bits per heavy atom. The third-order valence-electron chi connectivity index (χ3n) is 3.12. The molecule has 0 saturated heterocycles. The molecule has 1 aromatic rings. The van der Waals surface area contributed by atoms with Crippen LogP contribution in [-0.4, -0.2) is 34.4 Å². The number of hydrogen-bond acceptors (Lipinski definition) is 2. The van der Waals surface area contributed by atoms with Crippen LogP contribution >= 0.6 is 27.5 Å². The zero-order chi connectivity index (χ0) is 13.3. The molecule has 0 saturated carbocycles. The van der Waals surface area contributed by atoms with Gasteiger partial charge in [-0.15, -0.1) is 11.6 Å². The van der Waals surface area contributed by atoms with Crippen molar-refractivity contribution >= 4 is 33.4 Å². The molecular formula is C12H12BrClFNO2. The summed E-state index contributed by atoms with van der Waals surface area (Å²) in [6.07, 6.45) is 0.435. The molecule has 1 aromatic carbocycles. The molecule has 1 heterocycles. The highest BCUT2D eigenvalue weighted by molar-refractivity contribution is 9.10. The molecule has 0 aliphatic carbocycles. The van der Waals surface area contributed by atoms with E-state index in [1.54, 1.807) is 0 Å². The van der Waals surface area contributed by atoms with Crippen molar-refractivity contribution in [3.05, 3.63) is 33.5 Å². The molecule has 0 fully saturated rings. The Labute approximate surface area is 118 Å². The number of fused-ring (bicyclic) bond motifs is 1. The minimum absolute atomic E-state index is 0.157. The van der Waals surface area contributed by atoms with E-state index in [2.05, 4.69) is 15.9 Å². The standard InChI is InChI=1S/C12H12BrClFNO2/c13-8-1-7-2-9(6-17)16(12(18)4-14)5-10(7)11(15)3-8/h1,3,9,17H,2,4-6H2. The molecular weight excluding hydrogens is 324 g/mol. The molecule has 3 nitrogen and oxygen atoms in total. The minimum atomic E-state index is -0.344. The summed E-state index contributed by atoms with van der Waals surface area (Å²) < 4.78 is 14.5. The predicted molar refractivity (Wildman–Crippen MR) is 69.9 cm³/mol. The molecule has 1 unspecified atom stereocenters. The average molecular weight is 337 g/mol. The Morgan fingerprint density at radius 3 is 2.94 bits per heavy atom. The molecule has 18 heavy (non-hydrogen) atoms. The van der Waals surface area contributed by atoms with Gasteiger partial charge >= 0.3 is 0 Å². The van der Waals surface area contributed by atoms with E-state index in [9.17, 15) is 14.3 Å². The number of aliphatic hydroxyl groups excluding tert-OH is 1. The molecule has 1 aliphatic rings. The van der Waals surface area contributed by atoms with Gasteiger partial charge in [-0.05, 0) is 24.1 Å². The Bertz CT molecular complexity index is 483. The van der Waals surface area contributed by atoms with E-state index in [1.165, 1.54) is 11.0 Å². The summed E-state index contributed by atoms with van der Waals surface area (Å²) >= 11 is 8.76. The molecule has 0 aromatic heterocycles. The Morgan fingerprint density at radius 2 is 2.33 bits per heavy atom. The Balaban J connectivity index is 2.38. The first-order valence-electron chi connectivity index (χ1n) is 5.50. The first kappa shape index (κ1) is 13.8. The van der Waals surface area contributed by atoms with Crippen LogP contribution in [0.4, 0.5) is 4.39 Å². The molecule has 0 radical (unpaired) electrons. The van der Waals surface area contributed by atoms with Crippen LogP contribution in [0.25, 0.3) is 0 Å².